The van der Waals surface area contributed by atoms with Crippen LogP contribution in [0.15, 0.2) is 52.1 Å². The summed E-state index contributed by atoms with van der Waals surface area (Å²) in [7, 11) is 1.51. The number of nitrogens with one attached hydrogen (secondary N) is 1. The molecule has 148 valence electrons. The lowest BCUT2D eigenvalue weighted by atomic mass is 10.2. The number of furan rings is 1. The summed E-state index contributed by atoms with van der Waals surface area (Å²) in [5.41, 5.74) is -1.46. The maximum absolute atomic E-state index is 12.6. The first kappa shape index (κ1) is 19.9. The minimum atomic E-state index is -4.53. The second-order valence-corrected chi connectivity index (χ2v) is 6.04. The topological polar surface area (TPSA) is 82.2 Å². The fourth-order valence-electron chi connectivity index (χ4n) is 2.41. The number of alkyl halides is 3. The maximum Gasteiger partial charge on any atom is 0.417 e. The molecule has 0 aliphatic carbocycles. The number of hydrogen-bond acceptors (Lipinski definition) is 6. The first-order valence-electron chi connectivity index (χ1n) is 7.91. The molecule has 7 nitrogen and oxygen atoms in total. The van der Waals surface area contributed by atoms with Crippen molar-refractivity contribution in [3.63, 3.8) is 0 Å². The van der Waals surface area contributed by atoms with E-state index < -0.39 is 23.3 Å². The van der Waals surface area contributed by atoms with E-state index in [1.807, 2.05) is 0 Å². The molecule has 0 aromatic carbocycles. The molecule has 1 unspecified atom stereocenters. The molecule has 3 aromatic heterocycles. The third-order valence-corrected chi connectivity index (χ3v) is 4.13. The van der Waals surface area contributed by atoms with Crippen molar-refractivity contribution in [3.8, 4) is 5.82 Å². The number of hydrogen-bond donors (Lipinski definition) is 1. The number of pyridine rings is 1. The minimum Gasteiger partial charge on any atom is -0.467 e. The summed E-state index contributed by atoms with van der Waals surface area (Å²) < 4.78 is 49.2. The van der Waals surface area contributed by atoms with Crippen LogP contribution < -0.4 is 10.9 Å². The number of anilines is 1. The van der Waals surface area contributed by atoms with Gasteiger partial charge in [0, 0.05) is 13.3 Å². The molecule has 11 heteroatoms. The molecular formula is C17H14ClF3N4O3. The van der Waals surface area contributed by atoms with Gasteiger partial charge in [0.05, 0.1) is 30.3 Å². The van der Waals surface area contributed by atoms with E-state index in [1.165, 1.54) is 19.6 Å². The summed E-state index contributed by atoms with van der Waals surface area (Å²) in [4.78, 5) is 16.2. The molecule has 1 atom stereocenters. The lowest BCUT2D eigenvalue weighted by Crippen LogP contribution is -2.25. The van der Waals surface area contributed by atoms with Crippen LogP contribution in [0, 0.1) is 0 Å². The number of nitrogens with zero attached hydrogens (tertiary/aromatic N) is 3. The number of methoxy groups -OCH3 is 1. The predicted molar refractivity (Wildman–Crippen MR) is 94.6 cm³/mol. The van der Waals surface area contributed by atoms with E-state index in [0.717, 1.165) is 16.8 Å². The smallest absolute Gasteiger partial charge is 0.417 e. The first-order valence-corrected chi connectivity index (χ1v) is 8.29. The molecule has 0 bridgehead atoms. The zero-order chi connectivity index (χ0) is 20.3. The van der Waals surface area contributed by atoms with Crippen LogP contribution >= 0.6 is 11.6 Å². The summed E-state index contributed by atoms with van der Waals surface area (Å²) in [6.45, 7) is 0.230. The van der Waals surface area contributed by atoms with Gasteiger partial charge in [-0.3, -0.25) is 4.79 Å². The number of halogens is 4. The van der Waals surface area contributed by atoms with Crippen LogP contribution in [0.2, 0.25) is 5.02 Å². The molecule has 3 heterocycles. The first-order chi connectivity index (χ1) is 13.3. The molecule has 0 amide bonds. The lowest BCUT2D eigenvalue weighted by molar-refractivity contribution is -0.137. The second-order valence-electron chi connectivity index (χ2n) is 5.66. The summed E-state index contributed by atoms with van der Waals surface area (Å²) >= 11 is 6.14. The van der Waals surface area contributed by atoms with Crippen LogP contribution in [0.25, 0.3) is 5.82 Å². The van der Waals surface area contributed by atoms with Crippen molar-refractivity contribution in [2.24, 2.45) is 0 Å². The van der Waals surface area contributed by atoms with Gasteiger partial charge in [0.2, 0.25) is 0 Å². The predicted octanol–water partition coefficient (Wildman–Crippen LogP) is 3.69. The Morgan fingerprint density at radius 1 is 1.32 bits per heavy atom. The van der Waals surface area contributed by atoms with Crippen molar-refractivity contribution in [2.75, 3.05) is 19.0 Å². The Balaban J connectivity index is 1.90. The van der Waals surface area contributed by atoms with Gasteiger partial charge in [0.15, 0.2) is 5.82 Å². The highest BCUT2D eigenvalue weighted by molar-refractivity contribution is 6.32. The molecule has 0 aliphatic rings. The Bertz CT molecular complexity index is 988. The molecule has 0 fully saturated rings. The normalized spacial score (nSPS) is 12.8. The van der Waals surface area contributed by atoms with E-state index in [0.29, 0.717) is 12.0 Å². The molecule has 0 saturated carbocycles. The quantitative estimate of drug-likeness (QED) is 0.662. The molecule has 0 spiro atoms. The van der Waals surface area contributed by atoms with Crippen molar-refractivity contribution in [1.29, 1.82) is 0 Å². The summed E-state index contributed by atoms with van der Waals surface area (Å²) in [5.74, 6) is 0.470. The largest absolute Gasteiger partial charge is 0.467 e. The SMILES string of the molecule is COCC(Nc1cnn(-c2ccc(C(F)(F)F)cn2)c(=O)c1Cl)c1ccco1. The third kappa shape index (κ3) is 4.18. The van der Waals surface area contributed by atoms with Crippen LogP contribution in [0.5, 0.6) is 0 Å². The monoisotopic (exact) mass is 414 g/mol. The van der Waals surface area contributed by atoms with Gasteiger partial charge in [-0.25, -0.2) is 4.98 Å². The van der Waals surface area contributed by atoms with Gasteiger partial charge in [-0.1, -0.05) is 11.6 Å². The minimum absolute atomic E-state index is 0.0917. The fourth-order valence-corrected chi connectivity index (χ4v) is 2.60. The van der Waals surface area contributed by atoms with Gasteiger partial charge in [-0.2, -0.15) is 23.0 Å². The maximum atomic E-state index is 12.6. The van der Waals surface area contributed by atoms with Gasteiger partial charge in [0.1, 0.15) is 16.8 Å². The highest BCUT2D eigenvalue weighted by Gasteiger charge is 2.30. The van der Waals surface area contributed by atoms with Gasteiger partial charge >= 0.3 is 6.18 Å². The van der Waals surface area contributed by atoms with Gasteiger partial charge in [-0.15, -0.1) is 0 Å². The van der Waals surface area contributed by atoms with Crippen molar-refractivity contribution in [2.45, 2.75) is 12.2 Å². The Hall–Kier alpha value is -2.85. The van der Waals surface area contributed by atoms with Gasteiger partial charge in [0.25, 0.3) is 5.56 Å². The Labute approximate surface area is 161 Å². The average molecular weight is 415 g/mol. The van der Waals surface area contributed by atoms with E-state index >= 15 is 0 Å². The van der Waals surface area contributed by atoms with E-state index in [9.17, 15) is 18.0 Å². The lowest BCUT2D eigenvalue weighted by Gasteiger charge is -2.18. The molecular weight excluding hydrogens is 401 g/mol. The van der Waals surface area contributed by atoms with E-state index in [2.05, 4.69) is 15.4 Å². The summed E-state index contributed by atoms with van der Waals surface area (Å²) in [6, 6.07) is 4.84. The Morgan fingerprint density at radius 2 is 2.11 bits per heavy atom. The van der Waals surface area contributed by atoms with E-state index in [4.69, 9.17) is 20.8 Å². The molecule has 1 N–H and O–H groups in total. The fraction of sp³-hybridized carbons (Fsp3) is 0.235. The molecule has 28 heavy (non-hydrogen) atoms. The van der Waals surface area contributed by atoms with Crippen LogP contribution in [-0.2, 0) is 10.9 Å². The van der Waals surface area contributed by atoms with Crippen LogP contribution in [-0.4, -0.2) is 28.5 Å². The zero-order valence-electron chi connectivity index (χ0n) is 14.4. The molecule has 0 saturated heterocycles. The molecule has 0 aliphatic heterocycles. The summed E-state index contributed by atoms with van der Waals surface area (Å²) in [5, 5.41) is 6.74. The number of aromatic nitrogens is 3. The Kier molecular flexibility index (Phi) is 5.71. The second kappa shape index (κ2) is 8.03. The zero-order valence-corrected chi connectivity index (χ0v) is 15.2. The van der Waals surface area contributed by atoms with Crippen molar-refractivity contribution in [3.05, 3.63) is 69.6 Å². The highest BCUT2D eigenvalue weighted by Crippen LogP contribution is 2.29. The number of rotatable bonds is 6. The van der Waals surface area contributed by atoms with E-state index in [-0.39, 0.29) is 23.1 Å². The van der Waals surface area contributed by atoms with Crippen molar-refractivity contribution >= 4 is 17.3 Å². The van der Waals surface area contributed by atoms with Crippen molar-refractivity contribution < 1.29 is 22.3 Å². The summed E-state index contributed by atoms with van der Waals surface area (Å²) in [6.07, 6.45) is -1.14. The highest BCUT2D eigenvalue weighted by atomic mass is 35.5. The van der Waals surface area contributed by atoms with Crippen molar-refractivity contribution in [1.82, 2.24) is 14.8 Å². The molecule has 3 aromatic rings. The standard InChI is InChI=1S/C17H14ClF3N4O3/c1-27-9-12(13-3-2-6-28-13)24-11-8-23-25(16(26)15(11)18)14-5-4-10(7-22-14)17(19,20)21/h2-8,12,24H,9H2,1H3. The molecule has 0 radical (unpaired) electrons. The van der Waals surface area contributed by atoms with Crippen LogP contribution in [0.1, 0.15) is 17.4 Å². The van der Waals surface area contributed by atoms with Crippen LogP contribution in [0.3, 0.4) is 0 Å². The van der Waals surface area contributed by atoms with Crippen LogP contribution in [0.4, 0.5) is 18.9 Å². The third-order valence-electron chi connectivity index (χ3n) is 3.76. The van der Waals surface area contributed by atoms with E-state index in [1.54, 1.807) is 12.1 Å². The Morgan fingerprint density at radius 3 is 2.68 bits per heavy atom. The van der Waals surface area contributed by atoms with Gasteiger partial charge < -0.3 is 14.5 Å². The molecule has 3 rings (SSSR count). The average Bonchev–Trinajstić information content (AvgIpc) is 3.19. The number of ether oxygens (including phenoxy) is 1. The van der Waals surface area contributed by atoms with Gasteiger partial charge in [-0.05, 0) is 24.3 Å².